The molecular formula is C10H14BrClN2O2S. The molecule has 0 aliphatic carbocycles. The first kappa shape index (κ1) is 14.8. The lowest BCUT2D eigenvalue weighted by atomic mass is 10.3. The number of nitrogens with one attached hydrogen (secondary N) is 1. The van der Waals surface area contributed by atoms with Crippen molar-refractivity contribution in [2.24, 2.45) is 0 Å². The van der Waals surface area contributed by atoms with Crippen LogP contribution in [0, 0.1) is 0 Å². The van der Waals surface area contributed by atoms with E-state index in [0.29, 0.717) is 0 Å². The highest BCUT2D eigenvalue weighted by atomic mass is 79.9. The molecule has 17 heavy (non-hydrogen) atoms. The molecule has 7 heteroatoms. The molecule has 4 nitrogen and oxygen atoms in total. The van der Waals surface area contributed by atoms with Crippen molar-refractivity contribution in [3.8, 4) is 5.75 Å². The first-order valence-electron chi connectivity index (χ1n) is 5.05. The molecule has 1 N–H and O–H groups in total. The van der Waals surface area contributed by atoms with Gasteiger partial charge in [-0.3, -0.25) is 4.79 Å². The zero-order valence-electron chi connectivity index (χ0n) is 9.36. The Morgan fingerprint density at radius 3 is 2.71 bits per heavy atom. The Bertz CT molecular complexity index is 394. The van der Waals surface area contributed by atoms with Crippen LogP contribution in [0.15, 0.2) is 9.85 Å². The second-order valence-electron chi connectivity index (χ2n) is 3.49. The number of ether oxygens (including phenoxy) is 1. The van der Waals surface area contributed by atoms with Crippen LogP contribution < -0.4 is 10.1 Å². The van der Waals surface area contributed by atoms with E-state index in [2.05, 4.69) is 21.2 Å². The van der Waals surface area contributed by atoms with E-state index in [0.717, 1.165) is 40.6 Å². The van der Waals surface area contributed by atoms with Crippen LogP contribution in [0.2, 0.25) is 0 Å². The number of hydrogen-bond acceptors (Lipinski definition) is 4. The molecule has 0 aromatic carbocycles. The van der Waals surface area contributed by atoms with Gasteiger partial charge >= 0.3 is 0 Å². The number of halogens is 2. The Balaban J connectivity index is 0.00000144. The second kappa shape index (κ2) is 6.58. The maximum absolute atomic E-state index is 12.1. The Labute approximate surface area is 119 Å². The fourth-order valence-electron chi connectivity index (χ4n) is 1.62. The molecule has 1 aliphatic heterocycles. The fourth-order valence-corrected chi connectivity index (χ4v) is 3.24. The topological polar surface area (TPSA) is 41.6 Å². The minimum absolute atomic E-state index is 0. The summed E-state index contributed by atoms with van der Waals surface area (Å²) in [5.74, 6) is 0.819. The van der Waals surface area contributed by atoms with E-state index >= 15 is 0 Å². The van der Waals surface area contributed by atoms with E-state index in [4.69, 9.17) is 4.74 Å². The molecule has 0 atom stereocenters. The van der Waals surface area contributed by atoms with Gasteiger partial charge in [-0.05, 0) is 15.9 Å². The molecule has 1 amide bonds. The molecule has 2 rings (SSSR count). The number of hydrogen-bond donors (Lipinski definition) is 1. The molecule has 1 fully saturated rings. The van der Waals surface area contributed by atoms with Crippen molar-refractivity contribution in [3.05, 3.63) is 14.7 Å². The minimum Gasteiger partial charge on any atom is -0.495 e. The van der Waals surface area contributed by atoms with Gasteiger partial charge in [0, 0.05) is 32.2 Å². The Morgan fingerprint density at radius 1 is 1.53 bits per heavy atom. The molecule has 1 aromatic heterocycles. The average molecular weight is 342 g/mol. The number of thiophene rings is 1. The molecule has 0 unspecified atom stereocenters. The summed E-state index contributed by atoms with van der Waals surface area (Å²) in [5, 5.41) is 3.22. The summed E-state index contributed by atoms with van der Waals surface area (Å²) >= 11 is 4.80. The van der Waals surface area contributed by atoms with Crippen LogP contribution in [0.25, 0.3) is 0 Å². The molecule has 96 valence electrons. The highest BCUT2D eigenvalue weighted by Crippen LogP contribution is 2.34. The van der Waals surface area contributed by atoms with Crippen LogP contribution in [-0.4, -0.2) is 44.1 Å². The molecule has 1 aliphatic rings. The van der Waals surface area contributed by atoms with Gasteiger partial charge in [-0.25, -0.2) is 0 Å². The third kappa shape index (κ3) is 3.34. The van der Waals surface area contributed by atoms with Crippen LogP contribution in [0.4, 0.5) is 0 Å². The SMILES string of the molecule is COc1cc(C(=O)N2CCNCC2)sc1Br.Cl. The number of rotatable bonds is 2. The van der Waals surface area contributed by atoms with Gasteiger partial charge in [0.15, 0.2) is 0 Å². The van der Waals surface area contributed by atoms with Crippen molar-refractivity contribution in [1.29, 1.82) is 0 Å². The van der Waals surface area contributed by atoms with Gasteiger partial charge in [0.25, 0.3) is 5.91 Å². The smallest absolute Gasteiger partial charge is 0.264 e. The van der Waals surface area contributed by atoms with Crippen molar-refractivity contribution < 1.29 is 9.53 Å². The number of carbonyl (C=O) groups is 1. The second-order valence-corrected chi connectivity index (χ2v) is 5.87. The zero-order valence-corrected chi connectivity index (χ0v) is 12.6. The number of amides is 1. The predicted octanol–water partition coefficient (Wildman–Crippen LogP) is 1.99. The number of methoxy groups -OCH3 is 1. The normalized spacial score (nSPS) is 15.3. The van der Waals surface area contributed by atoms with E-state index in [1.807, 2.05) is 4.90 Å². The maximum atomic E-state index is 12.1. The largest absolute Gasteiger partial charge is 0.495 e. The molecule has 1 aromatic rings. The Hall–Kier alpha value is -0.300. The van der Waals surface area contributed by atoms with Gasteiger partial charge in [0.2, 0.25) is 0 Å². The van der Waals surface area contributed by atoms with Gasteiger partial charge in [-0.1, -0.05) is 0 Å². The van der Waals surface area contributed by atoms with Crippen molar-refractivity contribution in [2.75, 3.05) is 33.3 Å². The van der Waals surface area contributed by atoms with Crippen LogP contribution in [0.1, 0.15) is 9.67 Å². The van der Waals surface area contributed by atoms with Crippen molar-refractivity contribution in [3.63, 3.8) is 0 Å². The zero-order chi connectivity index (χ0) is 11.5. The van der Waals surface area contributed by atoms with E-state index in [9.17, 15) is 4.79 Å². The Kier molecular flexibility index (Phi) is 5.72. The monoisotopic (exact) mass is 340 g/mol. The van der Waals surface area contributed by atoms with Gasteiger partial charge in [0.05, 0.1) is 12.0 Å². The predicted molar refractivity (Wildman–Crippen MR) is 74.6 cm³/mol. The van der Waals surface area contributed by atoms with Crippen molar-refractivity contribution in [2.45, 2.75) is 0 Å². The van der Waals surface area contributed by atoms with Crippen molar-refractivity contribution >= 4 is 45.6 Å². The molecule has 0 saturated carbocycles. The maximum Gasteiger partial charge on any atom is 0.264 e. The lowest BCUT2D eigenvalue weighted by Crippen LogP contribution is -2.46. The molecule has 0 radical (unpaired) electrons. The average Bonchev–Trinajstić information content (AvgIpc) is 2.71. The van der Waals surface area contributed by atoms with E-state index in [1.165, 1.54) is 11.3 Å². The van der Waals surface area contributed by atoms with Crippen LogP contribution in [0.5, 0.6) is 5.75 Å². The van der Waals surface area contributed by atoms with Crippen LogP contribution in [0.3, 0.4) is 0 Å². The first-order chi connectivity index (χ1) is 7.72. The first-order valence-corrected chi connectivity index (χ1v) is 6.66. The minimum atomic E-state index is 0. The fraction of sp³-hybridized carbons (Fsp3) is 0.500. The molecule has 2 heterocycles. The van der Waals surface area contributed by atoms with E-state index in [-0.39, 0.29) is 18.3 Å². The quantitative estimate of drug-likeness (QED) is 0.894. The van der Waals surface area contributed by atoms with Gasteiger partial charge < -0.3 is 15.0 Å². The third-order valence-corrected chi connectivity index (χ3v) is 4.26. The van der Waals surface area contributed by atoms with Crippen LogP contribution in [-0.2, 0) is 0 Å². The summed E-state index contributed by atoms with van der Waals surface area (Å²) in [5.41, 5.74) is 0. The summed E-state index contributed by atoms with van der Waals surface area (Å²) < 4.78 is 6.01. The van der Waals surface area contributed by atoms with Crippen LogP contribution >= 0.6 is 39.7 Å². The summed E-state index contributed by atoms with van der Waals surface area (Å²) in [4.78, 5) is 14.7. The summed E-state index contributed by atoms with van der Waals surface area (Å²) in [6, 6.07) is 1.79. The van der Waals surface area contributed by atoms with Gasteiger partial charge in [0.1, 0.15) is 9.54 Å². The lowest BCUT2D eigenvalue weighted by molar-refractivity contribution is 0.0740. The highest BCUT2D eigenvalue weighted by molar-refractivity contribution is 9.11. The highest BCUT2D eigenvalue weighted by Gasteiger charge is 2.21. The molecule has 0 bridgehead atoms. The number of carbonyl (C=O) groups excluding carboxylic acids is 1. The van der Waals surface area contributed by atoms with Gasteiger partial charge in [-0.15, -0.1) is 23.7 Å². The number of nitrogens with zero attached hydrogens (tertiary/aromatic N) is 1. The van der Waals surface area contributed by atoms with Gasteiger partial charge in [-0.2, -0.15) is 0 Å². The molecule has 0 spiro atoms. The van der Waals surface area contributed by atoms with E-state index in [1.54, 1.807) is 13.2 Å². The van der Waals surface area contributed by atoms with E-state index < -0.39 is 0 Å². The standard InChI is InChI=1S/C10H13BrN2O2S.ClH/c1-15-7-6-8(16-9(7)11)10(14)13-4-2-12-3-5-13;/h6,12H,2-5H2,1H3;1H. The Morgan fingerprint density at radius 2 is 2.18 bits per heavy atom. The lowest BCUT2D eigenvalue weighted by Gasteiger charge is -2.26. The number of piperazine rings is 1. The molecular weight excluding hydrogens is 328 g/mol. The van der Waals surface area contributed by atoms with Crippen molar-refractivity contribution in [1.82, 2.24) is 10.2 Å². The third-order valence-electron chi connectivity index (χ3n) is 2.49. The summed E-state index contributed by atoms with van der Waals surface area (Å²) in [7, 11) is 1.60. The molecule has 1 saturated heterocycles. The summed E-state index contributed by atoms with van der Waals surface area (Å²) in [6.45, 7) is 3.29. The summed E-state index contributed by atoms with van der Waals surface area (Å²) in [6.07, 6.45) is 0.